The van der Waals surface area contributed by atoms with E-state index < -0.39 is 0 Å². The number of carbonyl (C=O) groups excluding carboxylic acids is 2. The molecule has 1 aromatic heterocycles. The van der Waals surface area contributed by atoms with Gasteiger partial charge in [-0.25, -0.2) is 0 Å². The Labute approximate surface area is 144 Å². The Morgan fingerprint density at radius 1 is 1.38 bits per heavy atom. The van der Waals surface area contributed by atoms with Gasteiger partial charge in [-0.05, 0) is 25.0 Å². The molecule has 7 heteroatoms. The Morgan fingerprint density at radius 3 is 2.92 bits per heavy atom. The highest BCUT2D eigenvalue weighted by atomic mass is 32.1. The number of para-hydroxylation sites is 1. The molecule has 0 radical (unpaired) electrons. The standard InChI is InChI=1S/C17H20N4O2S/c1-3-6-14-19-20-17(24-14)18-16(23)12-9-15(22)21(10-12)13-8-5-4-7-11(13)2/h4-5,7-8,12H,3,6,9-10H2,1-2H3,(H,18,20,23)/t12-/m0/s1. The van der Waals surface area contributed by atoms with Crippen molar-refractivity contribution in [3.63, 3.8) is 0 Å². The van der Waals surface area contributed by atoms with Gasteiger partial charge in [0.05, 0.1) is 5.92 Å². The van der Waals surface area contributed by atoms with Crippen LogP contribution in [0.5, 0.6) is 0 Å². The van der Waals surface area contributed by atoms with E-state index in [9.17, 15) is 9.59 Å². The molecule has 1 aromatic carbocycles. The van der Waals surface area contributed by atoms with Gasteiger partial charge in [0.15, 0.2) is 0 Å². The van der Waals surface area contributed by atoms with Crippen molar-refractivity contribution in [2.75, 3.05) is 16.8 Å². The van der Waals surface area contributed by atoms with Crippen molar-refractivity contribution in [2.45, 2.75) is 33.1 Å². The Bertz CT molecular complexity index is 759. The molecule has 1 fully saturated rings. The number of rotatable bonds is 5. The molecule has 0 aliphatic carbocycles. The average Bonchev–Trinajstić information content (AvgIpc) is 3.15. The van der Waals surface area contributed by atoms with Gasteiger partial charge in [0.2, 0.25) is 16.9 Å². The monoisotopic (exact) mass is 344 g/mol. The number of nitrogens with zero attached hydrogens (tertiary/aromatic N) is 3. The molecular formula is C17H20N4O2S. The molecule has 1 aliphatic rings. The van der Waals surface area contributed by atoms with E-state index >= 15 is 0 Å². The molecule has 0 bridgehead atoms. The third kappa shape index (κ3) is 3.46. The summed E-state index contributed by atoms with van der Waals surface area (Å²) in [6, 6.07) is 7.72. The molecule has 6 nitrogen and oxygen atoms in total. The van der Waals surface area contributed by atoms with Crippen molar-refractivity contribution in [2.24, 2.45) is 5.92 Å². The number of amides is 2. The number of nitrogens with one attached hydrogen (secondary N) is 1. The van der Waals surface area contributed by atoms with Crippen LogP contribution in [0.3, 0.4) is 0 Å². The normalized spacial score (nSPS) is 17.3. The lowest BCUT2D eigenvalue weighted by Crippen LogP contribution is -2.28. The van der Waals surface area contributed by atoms with Crippen molar-refractivity contribution in [3.8, 4) is 0 Å². The molecule has 0 spiro atoms. The summed E-state index contributed by atoms with van der Waals surface area (Å²) in [6.07, 6.45) is 2.07. The lowest BCUT2D eigenvalue weighted by molar-refractivity contribution is -0.122. The number of hydrogen-bond donors (Lipinski definition) is 1. The number of anilines is 2. The van der Waals surface area contributed by atoms with Crippen LogP contribution in [0.25, 0.3) is 0 Å². The Balaban J connectivity index is 1.66. The van der Waals surface area contributed by atoms with Crippen LogP contribution >= 0.6 is 11.3 Å². The van der Waals surface area contributed by atoms with Crippen molar-refractivity contribution in [3.05, 3.63) is 34.8 Å². The lowest BCUT2D eigenvalue weighted by atomic mass is 10.1. The molecule has 3 rings (SSSR count). The van der Waals surface area contributed by atoms with Crippen LogP contribution in [0, 0.1) is 12.8 Å². The molecule has 126 valence electrons. The zero-order valence-electron chi connectivity index (χ0n) is 13.8. The third-order valence-corrected chi connectivity index (χ3v) is 4.96. The van der Waals surface area contributed by atoms with Crippen LogP contribution in [0.1, 0.15) is 30.3 Å². The van der Waals surface area contributed by atoms with Gasteiger partial charge in [0, 0.05) is 25.1 Å². The van der Waals surface area contributed by atoms with E-state index in [0.717, 1.165) is 29.1 Å². The average molecular weight is 344 g/mol. The van der Waals surface area contributed by atoms with Gasteiger partial charge in [-0.15, -0.1) is 10.2 Å². The maximum Gasteiger partial charge on any atom is 0.231 e. The minimum atomic E-state index is -0.365. The molecule has 2 amide bonds. The van der Waals surface area contributed by atoms with Crippen LogP contribution in [-0.2, 0) is 16.0 Å². The van der Waals surface area contributed by atoms with Crippen molar-refractivity contribution in [1.82, 2.24) is 10.2 Å². The minimum absolute atomic E-state index is 0.0200. The fraction of sp³-hybridized carbons (Fsp3) is 0.412. The molecule has 2 aromatic rings. The predicted octanol–water partition coefficient (Wildman–Crippen LogP) is 2.79. The highest BCUT2D eigenvalue weighted by Gasteiger charge is 2.35. The second-order valence-corrected chi connectivity index (χ2v) is 6.99. The summed E-state index contributed by atoms with van der Waals surface area (Å²) in [5, 5.41) is 12.3. The predicted molar refractivity (Wildman–Crippen MR) is 94.2 cm³/mol. The first kappa shape index (κ1) is 16.6. The molecule has 24 heavy (non-hydrogen) atoms. The van der Waals surface area contributed by atoms with E-state index in [1.807, 2.05) is 31.2 Å². The highest BCUT2D eigenvalue weighted by Crippen LogP contribution is 2.28. The summed E-state index contributed by atoms with van der Waals surface area (Å²) in [7, 11) is 0. The van der Waals surface area contributed by atoms with E-state index in [2.05, 4.69) is 22.4 Å². The van der Waals surface area contributed by atoms with Crippen molar-refractivity contribution in [1.29, 1.82) is 0 Å². The first-order valence-corrected chi connectivity index (χ1v) is 8.89. The quantitative estimate of drug-likeness (QED) is 0.905. The maximum atomic E-state index is 12.4. The number of benzene rings is 1. The van der Waals surface area contributed by atoms with Gasteiger partial charge in [-0.3, -0.25) is 9.59 Å². The number of aryl methyl sites for hydroxylation is 2. The van der Waals surface area contributed by atoms with Crippen molar-refractivity contribution < 1.29 is 9.59 Å². The van der Waals surface area contributed by atoms with E-state index in [0.29, 0.717) is 11.7 Å². The molecule has 1 aliphatic heterocycles. The maximum absolute atomic E-state index is 12.4. The summed E-state index contributed by atoms with van der Waals surface area (Å²) in [5.41, 5.74) is 1.90. The van der Waals surface area contributed by atoms with Crippen LogP contribution in [0.15, 0.2) is 24.3 Å². The van der Waals surface area contributed by atoms with Gasteiger partial charge in [-0.2, -0.15) is 0 Å². The van der Waals surface area contributed by atoms with Crippen LogP contribution in [0.4, 0.5) is 10.8 Å². The van der Waals surface area contributed by atoms with Crippen molar-refractivity contribution >= 4 is 34.0 Å². The number of aromatic nitrogens is 2. The first-order valence-electron chi connectivity index (χ1n) is 8.07. The largest absolute Gasteiger partial charge is 0.311 e. The van der Waals surface area contributed by atoms with E-state index in [-0.39, 0.29) is 24.2 Å². The number of carbonyl (C=O) groups is 2. The van der Waals surface area contributed by atoms with Crippen LogP contribution < -0.4 is 10.2 Å². The summed E-state index contributed by atoms with van der Waals surface area (Å²) in [6.45, 7) is 4.44. The van der Waals surface area contributed by atoms with Crippen LogP contribution in [0.2, 0.25) is 0 Å². The summed E-state index contributed by atoms with van der Waals surface area (Å²) < 4.78 is 0. The Morgan fingerprint density at radius 2 is 2.17 bits per heavy atom. The van der Waals surface area contributed by atoms with Gasteiger partial charge in [0.1, 0.15) is 5.01 Å². The highest BCUT2D eigenvalue weighted by molar-refractivity contribution is 7.15. The van der Waals surface area contributed by atoms with E-state index in [4.69, 9.17) is 0 Å². The smallest absolute Gasteiger partial charge is 0.231 e. The summed E-state index contributed by atoms with van der Waals surface area (Å²) in [5.74, 6) is -0.553. The first-order chi connectivity index (χ1) is 11.6. The molecule has 1 saturated heterocycles. The minimum Gasteiger partial charge on any atom is -0.311 e. The second kappa shape index (κ2) is 7.09. The van der Waals surface area contributed by atoms with Crippen LogP contribution in [-0.4, -0.2) is 28.6 Å². The molecule has 2 heterocycles. The molecular weight excluding hydrogens is 324 g/mol. The summed E-state index contributed by atoms with van der Waals surface area (Å²) >= 11 is 1.39. The fourth-order valence-corrected chi connectivity index (χ4v) is 3.65. The zero-order chi connectivity index (χ0) is 17.1. The Hall–Kier alpha value is -2.28. The Kier molecular flexibility index (Phi) is 4.89. The van der Waals surface area contributed by atoms with E-state index in [1.54, 1.807) is 4.90 Å². The fourth-order valence-electron chi connectivity index (χ4n) is 2.81. The third-order valence-electron chi connectivity index (χ3n) is 4.06. The molecule has 0 saturated carbocycles. The van der Waals surface area contributed by atoms with E-state index in [1.165, 1.54) is 11.3 Å². The lowest BCUT2D eigenvalue weighted by Gasteiger charge is -2.18. The van der Waals surface area contributed by atoms with Gasteiger partial charge in [0.25, 0.3) is 0 Å². The molecule has 1 N–H and O–H groups in total. The van der Waals surface area contributed by atoms with Gasteiger partial charge >= 0.3 is 0 Å². The zero-order valence-corrected chi connectivity index (χ0v) is 14.6. The SMILES string of the molecule is CCCc1nnc(NC(=O)[C@H]2CC(=O)N(c3ccccc3C)C2)s1. The number of hydrogen-bond acceptors (Lipinski definition) is 5. The second-order valence-electron chi connectivity index (χ2n) is 5.93. The molecule has 0 unspecified atom stereocenters. The molecule has 1 atom stereocenters. The topological polar surface area (TPSA) is 75.2 Å². The van der Waals surface area contributed by atoms with Gasteiger partial charge < -0.3 is 10.2 Å². The summed E-state index contributed by atoms with van der Waals surface area (Å²) in [4.78, 5) is 26.4. The van der Waals surface area contributed by atoms with Gasteiger partial charge in [-0.1, -0.05) is 36.5 Å².